The van der Waals surface area contributed by atoms with Crippen molar-refractivity contribution in [3.63, 3.8) is 0 Å². The van der Waals surface area contributed by atoms with Gasteiger partial charge in [-0.3, -0.25) is 4.98 Å². The molecule has 0 bridgehead atoms. The number of pyridine rings is 1. The molecule has 0 spiro atoms. The smallest absolute Gasteiger partial charge is 0.119 e. The van der Waals surface area contributed by atoms with Crippen LogP contribution in [0.15, 0.2) is 85.2 Å². The molecule has 1 aliphatic carbocycles. The zero-order valence-electron chi connectivity index (χ0n) is 14.4. The summed E-state index contributed by atoms with van der Waals surface area (Å²) in [6, 6.07) is 25.6. The van der Waals surface area contributed by atoms with Crippen LogP contribution in [0, 0.1) is 0 Å². The summed E-state index contributed by atoms with van der Waals surface area (Å²) in [5.41, 5.74) is 9.62. The lowest BCUT2D eigenvalue weighted by Gasteiger charge is -2.23. The largest absolute Gasteiger partial charge is 0.497 e. The minimum Gasteiger partial charge on any atom is -0.497 e. The summed E-state index contributed by atoms with van der Waals surface area (Å²) in [6.07, 6.45) is 3.83. The lowest BCUT2D eigenvalue weighted by atomic mass is 9.81. The van der Waals surface area contributed by atoms with Gasteiger partial charge in [-0.05, 0) is 57.1 Å². The maximum atomic E-state index is 5.51. The second kappa shape index (κ2) is 5.85. The Kier molecular flexibility index (Phi) is 3.36. The molecule has 0 fully saturated rings. The zero-order valence-corrected chi connectivity index (χ0v) is 14.4. The Morgan fingerprint density at radius 1 is 0.577 bits per heavy atom. The molecule has 3 aromatic carbocycles. The summed E-state index contributed by atoms with van der Waals surface area (Å²) >= 11 is 0. The number of hydrogen-bond acceptors (Lipinski definition) is 2. The summed E-state index contributed by atoms with van der Waals surface area (Å²) in [4.78, 5) is 4.41. The van der Waals surface area contributed by atoms with Crippen molar-refractivity contribution < 1.29 is 4.74 Å². The maximum absolute atomic E-state index is 5.51. The second-order valence-electron chi connectivity index (χ2n) is 6.42. The number of ether oxygens (including phenoxy) is 1. The topological polar surface area (TPSA) is 22.1 Å². The highest BCUT2D eigenvalue weighted by Crippen LogP contribution is 2.47. The molecule has 5 rings (SSSR count). The molecule has 0 atom stereocenters. The Balaban J connectivity index is 1.98. The first-order valence-corrected chi connectivity index (χ1v) is 8.68. The number of methoxy groups -OCH3 is 1. The molecule has 0 unspecified atom stereocenters. The summed E-state index contributed by atoms with van der Waals surface area (Å²) in [7, 11) is 1.71. The van der Waals surface area contributed by atoms with Crippen LogP contribution in [0.4, 0.5) is 0 Å². The molecular formula is C24H17NO. The molecule has 0 radical (unpaired) electrons. The lowest BCUT2D eigenvalue weighted by Crippen LogP contribution is -1.98. The van der Waals surface area contributed by atoms with Gasteiger partial charge in [-0.15, -0.1) is 0 Å². The third-order valence-electron chi connectivity index (χ3n) is 5.06. The molecule has 1 heterocycles. The number of nitrogens with zero attached hydrogens (tertiary/aromatic N) is 1. The molecule has 1 aliphatic rings. The van der Waals surface area contributed by atoms with E-state index in [2.05, 4.69) is 71.7 Å². The van der Waals surface area contributed by atoms with Crippen LogP contribution in [-0.4, -0.2) is 12.1 Å². The van der Waals surface area contributed by atoms with Crippen molar-refractivity contribution in [1.29, 1.82) is 0 Å². The summed E-state index contributed by atoms with van der Waals surface area (Å²) in [6.45, 7) is 0. The standard InChI is InChI=1S/C24H17NO/c1-26-16-10-11-21-22-12-13-25-15-24(22)20-9-5-3-7-18(20)17-6-2-4-8-19(17)23(21)14-16/h2-15H,1H3. The van der Waals surface area contributed by atoms with Gasteiger partial charge in [0.2, 0.25) is 0 Å². The van der Waals surface area contributed by atoms with E-state index in [-0.39, 0.29) is 0 Å². The Morgan fingerprint density at radius 2 is 1.12 bits per heavy atom. The number of benzene rings is 3. The van der Waals surface area contributed by atoms with Crippen molar-refractivity contribution in [3.8, 4) is 50.3 Å². The monoisotopic (exact) mass is 335 g/mol. The van der Waals surface area contributed by atoms with Gasteiger partial charge in [0.15, 0.2) is 0 Å². The van der Waals surface area contributed by atoms with Crippen LogP contribution in [0.25, 0.3) is 44.5 Å². The molecule has 2 nitrogen and oxygen atoms in total. The Bertz CT molecular complexity index is 1120. The molecule has 4 aromatic rings. The second-order valence-corrected chi connectivity index (χ2v) is 6.42. The number of rotatable bonds is 1. The van der Waals surface area contributed by atoms with Gasteiger partial charge >= 0.3 is 0 Å². The van der Waals surface area contributed by atoms with Crippen LogP contribution in [0.2, 0.25) is 0 Å². The quantitative estimate of drug-likeness (QED) is 0.371. The van der Waals surface area contributed by atoms with Gasteiger partial charge in [-0.1, -0.05) is 54.6 Å². The van der Waals surface area contributed by atoms with E-state index in [1.807, 2.05) is 18.5 Å². The molecule has 0 saturated heterocycles. The van der Waals surface area contributed by atoms with E-state index in [0.29, 0.717) is 0 Å². The SMILES string of the molecule is COc1ccc2c(c1)-c1ccccc1-c1ccccc1-c1cnccc1-2. The molecule has 26 heavy (non-hydrogen) atoms. The molecule has 2 heteroatoms. The average molecular weight is 335 g/mol. The first kappa shape index (κ1) is 14.9. The normalized spacial score (nSPS) is 11.3. The van der Waals surface area contributed by atoms with Gasteiger partial charge in [0, 0.05) is 18.0 Å². The van der Waals surface area contributed by atoms with Gasteiger partial charge in [0.25, 0.3) is 0 Å². The van der Waals surface area contributed by atoms with Crippen LogP contribution >= 0.6 is 0 Å². The van der Waals surface area contributed by atoms with E-state index in [0.717, 1.165) is 11.3 Å². The fourth-order valence-corrected chi connectivity index (χ4v) is 3.86. The van der Waals surface area contributed by atoms with Crippen LogP contribution < -0.4 is 4.74 Å². The minimum absolute atomic E-state index is 0.864. The first-order valence-electron chi connectivity index (χ1n) is 8.68. The minimum atomic E-state index is 0.864. The van der Waals surface area contributed by atoms with Crippen LogP contribution in [-0.2, 0) is 0 Å². The first-order chi connectivity index (χ1) is 12.9. The van der Waals surface area contributed by atoms with Gasteiger partial charge in [0.05, 0.1) is 7.11 Å². The predicted molar refractivity (Wildman–Crippen MR) is 106 cm³/mol. The van der Waals surface area contributed by atoms with E-state index < -0.39 is 0 Å². The molecule has 0 N–H and O–H groups in total. The van der Waals surface area contributed by atoms with Crippen molar-refractivity contribution >= 4 is 0 Å². The van der Waals surface area contributed by atoms with Crippen molar-refractivity contribution in [2.45, 2.75) is 0 Å². The summed E-state index contributed by atoms with van der Waals surface area (Å²) in [5, 5.41) is 0. The van der Waals surface area contributed by atoms with Crippen molar-refractivity contribution in [2.75, 3.05) is 7.11 Å². The van der Waals surface area contributed by atoms with Gasteiger partial charge in [-0.25, -0.2) is 0 Å². The summed E-state index contributed by atoms with van der Waals surface area (Å²) < 4.78 is 5.51. The van der Waals surface area contributed by atoms with Gasteiger partial charge in [0.1, 0.15) is 5.75 Å². The Morgan fingerprint density at radius 3 is 1.77 bits per heavy atom. The summed E-state index contributed by atoms with van der Waals surface area (Å²) in [5.74, 6) is 0.864. The maximum Gasteiger partial charge on any atom is 0.119 e. The van der Waals surface area contributed by atoms with Crippen molar-refractivity contribution in [1.82, 2.24) is 4.98 Å². The molecular weight excluding hydrogens is 318 g/mol. The van der Waals surface area contributed by atoms with Gasteiger partial charge in [-0.2, -0.15) is 0 Å². The molecule has 124 valence electrons. The highest BCUT2D eigenvalue weighted by Gasteiger charge is 2.21. The van der Waals surface area contributed by atoms with E-state index in [4.69, 9.17) is 4.74 Å². The van der Waals surface area contributed by atoms with E-state index in [1.165, 1.54) is 38.9 Å². The van der Waals surface area contributed by atoms with Crippen molar-refractivity contribution in [2.24, 2.45) is 0 Å². The Hall–Kier alpha value is -3.39. The van der Waals surface area contributed by atoms with Crippen molar-refractivity contribution in [3.05, 3.63) is 85.2 Å². The molecule has 0 aliphatic heterocycles. The van der Waals surface area contributed by atoms with E-state index in [1.54, 1.807) is 7.11 Å². The van der Waals surface area contributed by atoms with Crippen LogP contribution in [0.5, 0.6) is 5.75 Å². The van der Waals surface area contributed by atoms with Crippen LogP contribution in [0.3, 0.4) is 0 Å². The number of hydrogen-bond donors (Lipinski definition) is 0. The molecule has 0 amide bonds. The third kappa shape index (κ3) is 2.16. The number of aromatic nitrogens is 1. The third-order valence-corrected chi connectivity index (χ3v) is 5.06. The molecule has 1 aromatic heterocycles. The fraction of sp³-hybridized carbons (Fsp3) is 0.0417. The predicted octanol–water partition coefficient (Wildman–Crippen LogP) is 6.07. The highest BCUT2D eigenvalue weighted by atomic mass is 16.5. The van der Waals surface area contributed by atoms with E-state index >= 15 is 0 Å². The van der Waals surface area contributed by atoms with Gasteiger partial charge < -0.3 is 4.74 Å². The average Bonchev–Trinajstić information content (AvgIpc) is 2.72. The highest BCUT2D eigenvalue weighted by molar-refractivity contribution is 6.02. The lowest BCUT2D eigenvalue weighted by molar-refractivity contribution is 0.415. The zero-order chi connectivity index (χ0) is 17.5. The van der Waals surface area contributed by atoms with Crippen LogP contribution in [0.1, 0.15) is 0 Å². The molecule has 0 saturated carbocycles. The number of fused-ring (bicyclic) bond motifs is 8. The van der Waals surface area contributed by atoms with E-state index in [9.17, 15) is 0 Å². The fourth-order valence-electron chi connectivity index (χ4n) is 3.86. The Labute approximate surface area is 152 Å².